The van der Waals surface area contributed by atoms with Crippen LogP contribution in [0.15, 0.2) is 36.7 Å². The maximum atomic E-state index is 13.0. The van der Waals surface area contributed by atoms with Crippen LogP contribution in [0.4, 0.5) is 19.4 Å². The molecule has 0 bridgehead atoms. The molecule has 0 aromatic carbocycles. The highest BCUT2D eigenvalue weighted by Gasteiger charge is 2.36. The summed E-state index contributed by atoms with van der Waals surface area (Å²) in [5, 5.41) is 2.55. The van der Waals surface area contributed by atoms with Crippen LogP contribution in [-0.2, 0) is 4.74 Å². The minimum Gasteiger partial charge on any atom is -0.493 e. The van der Waals surface area contributed by atoms with Gasteiger partial charge in [-0.15, -0.1) is 0 Å². The molecule has 0 unspecified atom stereocenters. The molecule has 1 saturated heterocycles. The second-order valence-corrected chi connectivity index (χ2v) is 9.20. The normalized spacial score (nSPS) is 14.2. The molecular weight excluding hydrogens is 460 g/mol. The number of aromatic nitrogens is 3. The Kier molecular flexibility index (Phi) is 6.60. The van der Waals surface area contributed by atoms with Crippen LogP contribution in [0.3, 0.4) is 0 Å². The molecule has 1 fully saturated rings. The molecule has 3 aromatic heterocycles. The highest BCUT2D eigenvalue weighted by atomic mass is 19.3. The van der Waals surface area contributed by atoms with Gasteiger partial charge in [0.2, 0.25) is 0 Å². The number of nitrogens with one attached hydrogen (secondary N) is 1. The number of likely N-dealkylation sites (tertiary alicyclic amines) is 1. The lowest BCUT2D eigenvalue weighted by molar-refractivity contribution is 0.00790. The van der Waals surface area contributed by atoms with Crippen molar-refractivity contribution in [1.29, 1.82) is 0 Å². The Morgan fingerprint density at radius 3 is 2.60 bits per heavy atom. The number of hydrogen-bond donors (Lipinski definition) is 1. The zero-order valence-corrected chi connectivity index (χ0v) is 19.9. The van der Waals surface area contributed by atoms with Gasteiger partial charge in [0.25, 0.3) is 12.3 Å². The highest BCUT2D eigenvalue weighted by Crippen LogP contribution is 2.30. The first-order valence-electron chi connectivity index (χ1n) is 11.2. The molecule has 0 aliphatic carbocycles. The van der Waals surface area contributed by atoms with E-state index in [-0.39, 0.29) is 23.4 Å². The molecule has 0 atom stereocenters. The zero-order valence-electron chi connectivity index (χ0n) is 19.9. The minimum absolute atomic E-state index is 0.0124. The number of hydrogen-bond acceptors (Lipinski definition) is 6. The molecule has 35 heavy (non-hydrogen) atoms. The van der Waals surface area contributed by atoms with Crippen LogP contribution in [-0.4, -0.2) is 56.6 Å². The summed E-state index contributed by atoms with van der Waals surface area (Å²) in [5.41, 5.74) is 0.568. The molecule has 4 heterocycles. The number of nitrogens with zero attached hydrogens (tertiary/aromatic N) is 4. The van der Waals surface area contributed by atoms with Crippen molar-refractivity contribution < 1.29 is 27.8 Å². The summed E-state index contributed by atoms with van der Waals surface area (Å²) < 4.78 is 38.6. The van der Waals surface area contributed by atoms with Gasteiger partial charge in [0.15, 0.2) is 0 Å². The lowest BCUT2D eigenvalue weighted by Crippen LogP contribution is -2.50. The first-order chi connectivity index (χ1) is 16.5. The number of rotatable bonds is 6. The van der Waals surface area contributed by atoms with Crippen LogP contribution < -0.4 is 10.1 Å². The molecular formula is C24H27F2N5O4. The number of pyridine rings is 2. The first-order valence-corrected chi connectivity index (χ1v) is 11.2. The van der Waals surface area contributed by atoms with Crippen molar-refractivity contribution in [2.75, 3.05) is 25.0 Å². The molecule has 186 valence electrons. The standard InChI is InChI=1S/C24H27F2N5O4/c1-5-34-18-9-20-28-17(14-10-31(11-14)23(33)35-24(2,3)4)13-30(20)12-15(18)22(32)29-19-8-6-7-16(27-19)21(25)26/h6-9,12-14,21H,5,10-11H2,1-4H3,(H,27,29,32). The summed E-state index contributed by atoms with van der Waals surface area (Å²) in [7, 11) is 0. The average molecular weight is 488 g/mol. The number of ether oxygens (including phenoxy) is 2. The second kappa shape index (κ2) is 9.47. The number of halogens is 2. The SMILES string of the molecule is CCOc1cc2nc(C3CN(C(=O)OC(C)(C)C)C3)cn2cc1C(=O)Nc1cccc(C(F)F)n1. The Labute approximate surface area is 201 Å². The van der Waals surface area contributed by atoms with Crippen molar-refractivity contribution in [3.63, 3.8) is 0 Å². The topological polar surface area (TPSA) is 98.1 Å². The summed E-state index contributed by atoms with van der Waals surface area (Å²) in [6.45, 7) is 8.53. The summed E-state index contributed by atoms with van der Waals surface area (Å²) in [5.74, 6) is -0.192. The third-order valence-electron chi connectivity index (χ3n) is 5.31. The molecule has 1 aliphatic rings. The van der Waals surface area contributed by atoms with Gasteiger partial charge in [0.1, 0.15) is 28.5 Å². The Hall–Kier alpha value is -3.76. The van der Waals surface area contributed by atoms with Crippen molar-refractivity contribution in [1.82, 2.24) is 19.3 Å². The van der Waals surface area contributed by atoms with Crippen LogP contribution in [0.5, 0.6) is 5.75 Å². The molecule has 2 amide bonds. The van der Waals surface area contributed by atoms with Crippen molar-refractivity contribution in [3.05, 3.63) is 53.6 Å². The molecule has 1 N–H and O–H groups in total. The Morgan fingerprint density at radius 2 is 1.94 bits per heavy atom. The molecule has 11 heteroatoms. The molecule has 1 aliphatic heterocycles. The van der Waals surface area contributed by atoms with E-state index in [1.54, 1.807) is 34.7 Å². The molecule has 0 radical (unpaired) electrons. The van der Waals surface area contributed by atoms with Crippen molar-refractivity contribution in [3.8, 4) is 5.75 Å². The number of alkyl halides is 2. The molecule has 4 rings (SSSR count). The van der Waals surface area contributed by atoms with E-state index < -0.39 is 23.6 Å². The Bertz CT molecular complexity index is 1250. The van der Waals surface area contributed by atoms with Gasteiger partial charge in [-0.3, -0.25) is 4.79 Å². The van der Waals surface area contributed by atoms with Crippen molar-refractivity contribution in [2.45, 2.75) is 45.6 Å². The maximum Gasteiger partial charge on any atom is 0.410 e. The van der Waals surface area contributed by atoms with Gasteiger partial charge in [-0.1, -0.05) is 6.07 Å². The van der Waals surface area contributed by atoms with E-state index in [2.05, 4.69) is 15.3 Å². The average Bonchev–Trinajstić information content (AvgIpc) is 3.13. The van der Waals surface area contributed by atoms with Crippen LogP contribution in [0, 0.1) is 0 Å². The zero-order chi connectivity index (χ0) is 25.3. The van der Waals surface area contributed by atoms with Crippen LogP contribution >= 0.6 is 0 Å². The lowest BCUT2D eigenvalue weighted by Gasteiger charge is -2.38. The van der Waals surface area contributed by atoms with Crippen LogP contribution in [0.2, 0.25) is 0 Å². The lowest BCUT2D eigenvalue weighted by atomic mass is 9.98. The van der Waals surface area contributed by atoms with E-state index in [1.807, 2.05) is 20.8 Å². The number of anilines is 1. The summed E-state index contributed by atoms with van der Waals surface area (Å²) in [6, 6.07) is 5.67. The van der Waals surface area contributed by atoms with E-state index >= 15 is 0 Å². The van der Waals surface area contributed by atoms with Gasteiger partial charge in [0.05, 0.1) is 17.9 Å². The Morgan fingerprint density at radius 1 is 1.20 bits per heavy atom. The fourth-order valence-electron chi connectivity index (χ4n) is 3.65. The van der Waals surface area contributed by atoms with Crippen LogP contribution in [0.25, 0.3) is 5.65 Å². The van der Waals surface area contributed by atoms with Gasteiger partial charge in [-0.05, 0) is 39.8 Å². The van der Waals surface area contributed by atoms with Gasteiger partial charge in [0, 0.05) is 37.5 Å². The molecule has 0 saturated carbocycles. The van der Waals surface area contributed by atoms with E-state index in [1.165, 1.54) is 18.2 Å². The fraction of sp³-hybridized carbons (Fsp3) is 0.417. The predicted octanol–water partition coefficient (Wildman–Crippen LogP) is 4.65. The predicted molar refractivity (Wildman–Crippen MR) is 124 cm³/mol. The third kappa shape index (κ3) is 5.50. The monoisotopic (exact) mass is 487 g/mol. The van der Waals surface area contributed by atoms with Gasteiger partial charge in [-0.25, -0.2) is 23.5 Å². The van der Waals surface area contributed by atoms with Gasteiger partial charge < -0.3 is 24.1 Å². The smallest absolute Gasteiger partial charge is 0.410 e. The van der Waals surface area contributed by atoms with E-state index in [0.717, 1.165) is 5.69 Å². The molecule has 0 spiro atoms. The van der Waals surface area contributed by atoms with Crippen molar-refractivity contribution in [2.24, 2.45) is 0 Å². The number of amides is 2. The minimum atomic E-state index is -2.75. The summed E-state index contributed by atoms with van der Waals surface area (Å²) in [6.07, 6.45) is 0.270. The van der Waals surface area contributed by atoms with Crippen LogP contribution in [0.1, 0.15) is 61.8 Å². The molecule has 9 nitrogen and oxygen atoms in total. The van der Waals surface area contributed by atoms with E-state index in [4.69, 9.17) is 9.47 Å². The van der Waals surface area contributed by atoms with Crippen molar-refractivity contribution >= 4 is 23.5 Å². The fourth-order valence-corrected chi connectivity index (χ4v) is 3.65. The van der Waals surface area contributed by atoms with Gasteiger partial charge in [-0.2, -0.15) is 0 Å². The van der Waals surface area contributed by atoms with Gasteiger partial charge >= 0.3 is 6.09 Å². The number of carbonyl (C=O) groups excluding carboxylic acids is 2. The number of carbonyl (C=O) groups is 2. The Balaban J connectivity index is 1.53. The highest BCUT2D eigenvalue weighted by molar-refractivity contribution is 6.05. The van der Waals surface area contributed by atoms with E-state index in [9.17, 15) is 18.4 Å². The largest absolute Gasteiger partial charge is 0.493 e. The van der Waals surface area contributed by atoms with E-state index in [0.29, 0.717) is 31.1 Å². The second-order valence-electron chi connectivity index (χ2n) is 9.20. The molecule has 3 aromatic rings. The quantitative estimate of drug-likeness (QED) is 0.544. The first kappa shape index (κ1) is 24.4. The summed E-state index contributed by atoms with van der Waals surface area (Å²) in [4.78, 5) is 35.2. The maximum absolute atomic E-state index is 13.0. The number of imidazole rings is 1. The number of fused-ring (bicyclic) bond motifs is 1. The summed E-state index contributed by atoms with van der Waals surface area (Å²) >= 11 is 0. The third-order valence-corrected chi connectivity index (χ3v) is 5.31.